The van der Waals surface area contributed by atoms with Crippen molar-refractivity contribution in [2.45, 2.75) is 52.9 Å². The molecule has 0 aliphatic heterocycles. The van der Waals surface area contributed by atoms with Gasteiger partial charge in [0.15, 0.2) is 0 Å². The molecule has 0 saturated heterocycles. The maximum Gasteiger partial charge on any atom is 0.0456 e. The highest BCUT2D eigenvalue weighted by molar-refractivity contribution is 4.78. The van der Waals surface area contributed by atoms with Crippen LogP contribution >= 0.6 is 0 Å². The smallest absolute Gasteiger partial charge is 0.0456 e. The van der Waals surface area contributed by atoms with Gasteiger partial charge in [0.05, 0.1) is 0 Å². The molecule has 1 N–H and O–H groups in total. The van der Waals surface area contributed by atoms with E-state index in [0.29, 0.717) is 12.5 Å². The van der Waals surface area contributed by atoms with Crippen molar-refractivity contribution in [1.29, 1.82) is 0 Å². The van der Waals surface area contributed by atoms with Gasteiger partial charge in [-0.2, -0.15) is 0 Å². The van der Waals surface area contributed by atoms with Gasteiger partial charge in [0, 0.05) is 6.61 Å². The van der Waals surface area contributed by atoms with E-state index in [-0.39, 0.29) is 0 Å². The largest absolute Gasteiger partial charge is 0.396 e. The summed E-state index contributed by atoms with van der Waals surface area (Å²) in [4.78, 5) is 0. The van der Waals surface area contributed by atoms with Crippen LogP contribution in [0.15, 0.2) is 0 Å². The van der Waals surface area contributed by atoms with E-state index < -0.39 is 0 Å². The van der Waals surface area contributed by atoms with E-state index in [2.05, 4.69) is 20.8 Å². The van der Waals surface area contributed by atoms with E-state index in [9.17, 15) is 0 Å². The van der Waals surface area contributed by atoms with Crippen molar-refractivity contribution in [1.82, 2.24) is 0 Å². The lowest BCUT2D eigenvalue weighted by Gasteiger charge is -2.35. The SMILES string of the molecule is CC(CO)CC1CCCCC1C(C)C. The lowest BCUT2D eigenvalue weighted by atomic mass is 9.70. The highest BCUT2D eigenvalue weighted by atomic mass is 16.3. The van der Waals surface area contributed by atoms with Crippen LogP contribution in [0.4, 0.5) is 0 Å². The molecule has 1 saturated carbocycles. The van der Waals surface area contributed by atoms with E-state index in [1.807, 2.05) is 0 Å². The number of hydrogen-bond acceptors (Lipinski definition) is 1. The van der Waals surface area contributed by atoms with E-state index >= 15 is 0 Å². The summed E-state index contributed by atoms with van der Waals surface area (Å²) in [5, 5.41) is 9.09. The zero-order valence-corrected chi connectivity index (χ0v) is 10.00. The van der Waals surface area contributed by atoms with Crippen molar-refractivity contribution in [3.8, 4) is 0 Å². The van der Waals surface area contributed by atoms with Crippen molar-refractivity contribution >= 4 is 0 Å². The van der Waals surface area contributed by atoms with E-state index in [1.54, 1.807) is 0 Å². The van der Waals surface area contributed by atoms with Crippen LogP contribution in [0.25, 0.3) is 0 Å². The first-order valence-electron chi connectivity index (χ1n) is 6.26. The molecule has 0 bridgehead atoms. The summed E-state index contributed by atoms with van der Waals surface area (Å²) in [6, 6.07) is 0. The fourth-order valence-corrected chi connectivity index (χ4v) is 3.00. The van der Waals surface area contributed by atoms with Crippen LogP contribution in [0.3, 0.4) is 0 Å². The number of aliphatic hydroxyl groups is 1. The Bertz CT molecular complexity index is 153. The molecule has 0 aromatic carbocycles. The molecule has 1 rings (SSSR count). The van der Waals surface area contributed by atoms with Gasteiger partial charge < -0.3 is 5.11 Å². The minimum Gasteiger partial charge on any atom is -0.396 e. The van der Waals surface area contributed by atoms with Gasteiger partial charge in [-0.3, -0.25) is 0 Å². The normalized spacial score (nSPS) is 30.6. The third-order valence-electron chi connectivity index (χ3n) is 3.84. The molecule has 3 unspecified atom stereocenters. The maximum absolute atomic E-state index is 9.09. The van der Waals surface area contributed by atoms with Crippen LogP contribution in [-0.2, 0) is 0 Å². The summed E-state index contributed by atoms with van der Waals surface area (Å²) in [6.07, 6.45) is 6.88. The molecular formula is C13H26O. The molecule has 0 aromatic heterocycles. The lowest BCUT2D eigenvalue weighted by Crippen LogP contribution is -2.26. The predicted octanol–water partition coefficient (Wildman–Crippen LogP) is 3.47. The fraction of sp³-hybridized carbons (Fsp3) is 1.00. The first kappa shape index (κ1) is 12.0. The van der Waals surface area contributed by atoms with Gasteiger partial charge in [0.1, 0.15) is 0 Å². The van der Waals surface area contributed by atoms with Crippen LogP contribution < -0.4 is 0 Å². The van der Waals surface area contributed by atoms with E-state index in [1.165, 1.54) is 32.1 Å². The first-order valence-corrected chi connectivity index (χ1v) is 6.26. The molecule has 1 nitrogen and oxygen atoms in total. The summed E-state index contributed by atoms with van der Waals surface area (Å²) < 4.78 is 0. The number of rotatable bonds is 4. The standard InChI is InChI=1S/C13H26O/c1-10(2)13-7-5-4-6-12(13)8-11(3)9-14/h10-14H,4-9H2,1-3H3. The van der Waals surface area contributed by atoms with Crippen LogP contribution in [0, 0.1) is 23.7 Å². The van der Waals surface area contributed by atoms with Crippen molar-refractivity contribution in [3.63, 3.8) is 0 Å². The maximum atomic E-state index is 9.09. The fourth-order valence-electron chi connectivity index (χ4n) is 3.00. The number of aliphatic hydroxyl groups excluding tert-OH is 1. The molecular weight excluding hydrogens is 172 g/mol. The Balaban J connectivity index is 2.45. The van der Waals surface area contributed by atoms with Gasteiger partial charge >= 0.3 is 0 Å². The Morgan fingerprint density at radius 3 is 2.36 bits per heavy atom. The third-order valence-corrected chi connectivity index (χ3v) is 3.84. The van der Waals surface area contributed by atoms with Gasteiger partial charge in [-0.15, -0.1) is 0 Å². The molecule has 1 aliphatic carbocycles. The van der Waals surface area contributed by atoms with Crippen molar-refractivity contribution < 1.29 is 5.11 Å². The molecule has 84 valence electrons. The molecule has 14 heavy (non-hydrogen) atoms. The molecule has 1 fully saturated rings. The summed E-state index contributed by atoms with van der Waals surface area (Å²) in [7, 11) is 0. The van der Waals surface area contributed by atoms with Crippen molar-refractivity contribution in [2.24, 2.45) is 23.7 Å². The van der Waals surface area contributed by atoms with Crippen molar-refractivity contribution in [3.05, 3.63) is 0 Å². The minimum absolute atomic E-state index is 0.362. The topological polar surface area (TPSA) is 20.2 Å². The van der Waals surface area contributed by atoms with Gasteiger partial charge in [0.25, 0.3) is 0 Å². The van der Waals surface area contributed by atoms with Crippen LogP contribution in [0.5, 0.6) is 0 Å². The summed E-state index contributed by atoms with van der Waals surface area (Å²) in [5.74, 6) is 3.12. The molecule has 0 amide bonds. The molecule has 1 heteroatoms. The van der Waals surface area contributed by atoms with E-state index in [0.717, 1.165) is 17.8 Å². The predicted molar refractivity (Wildman–Crippen MR) is 61.2 cm³/mol. The minimum atomic E-state index is 0.362. The number of hydrogen-bond donors (Lipinski definition) is 1. The summed E-state index contributed by atoms with van der Waals surface area (Å²) in [6.45, 7) is 7.24. The summed E-state index contributed by atoms with van der Waals surface area (Å²) in [5.41, 5.74) is 0. The highest BCUT2D eigenvalue weighted by Gasteiger charge is 2.28. The monoisotopic (exact) mass is 198 g/mol. The van der Waals surface area contributed by atoms with Gasteiger partial charge in [0.2, 0.25) is 0 Å². The molecule has 1 aliphatic rings. The van der Waals surface area contributed by atoms with Crippen LogP contribution in [0.1, 0.15) is 52.9 Å². The highest BCUT2D eigenvalue weighted by Crippen LogP contribution is 2.38. The zero-order chi connectivity index (χ0) is 10.6. The van der Waals surface area contributed by atoms with E-state index in [4.69, 9.17) is 5.11 Å². The Morgan fingerprint density at radius 2 is 1.79 bits per heavy atom. The average molecular weight is 198 g/mol. The second-order valence-electron chi connectivity index (χ2n) is 5.48. The average Bonchev–Trinajstić information content (AvgIpc) is 2.18. The molecule has 0 heterocycles. The Labute approximate surface area is 88.9 Å². The second-order valence-corrected chi connectivity index (χ2v) is 5.48. The van der Waals surface area contributed by atoms with Gasteiger partial charge in [-0.05, 0) is 36.5 Å². The van der Waals surface area contributed by atoms with Crippen molar-refractivity contribution in [2.75, 3.05) is 6.61 Å². The van der Waals surface area contributed by atoms with Crippen LogP contribution in [0.2, 0.25) is 0 Å². The lowest BCUT2D eigenvalue weighted by molar-refractivity contribution is 0.130. The summed E-state index contributed by atoms with van der Waals surface area (Å²) >= 11 is 0. The molecule has 3 atom stereocenters. The van der Waals surface area contributed by atoms with Gasteiger partial charge in [-0.1, -0.05) is 40.0 Å². The molecule has 0 spiro atoms. The third kappa shape index (κ3) is 3.27. The quantitative estimate of drug-likeness (QED) is 0.733. The molecule has 0 radical (unpaired) electrons. The zero-order valence-electron chi connectivity index (χ0n) is 10.00. The Kier molecular flexibility index (Phi) is 4.94. The Morgan fingerprint density at radius 1 is 1.14 bits per heavy atom. The second kappa shape index (κ2) is 5.75. The molecule has 0 aromatic rings. The van der Waals surface area contributed by atoms with Crippen LogP contribution in [-0.4, -0.2) is 11.7 Å². The van der Waals surface area contributed by atoms with Gasteiger partial charge in [-0.25, -0.2) is 0 Å². The Hall–Kier alpha value is -0.0400. The first-order chi connectivity index (χ1) is 6.65.